The molecule has 2 aliphatic rings. The molecular formula is C15H28N4O2. The number of fused-ring (bicyclic) bond motifs is 1. The number of nitrogens with zero attached hydrogens (tertiary/aromatic N) is 1. The van der Waals surface area contributed by atoms with Crippen LogP contribution in [0.3, 0.4) is 0 Å². The van der Waals surface area contributed by atoms with E-state index in [1.807, 2.05) is 13.8 Å². The Kier molecular flexibility index (Phi) is 4.88. The molecule has 0 aliphatic carbocycles. The maximum absolute atomic E-state index is 12.0. The Bertz CT molecular complexity index is 408. The molecule has 0 bridgehead atoms. The van der Waals surface area contributed by atoms with Crippen molar-refractivity contribution in [2.24, 2.45) is 17.8 Å². The van der Waals surface area contributed by atoms with Crippen LogP contribution in [0.25, 0.3) is 0 Å². The number of amides is 3. The van der Waals surface area contributed by atoms with E-state index >= 15 is 0 Å². The fourth-order valence-electron chi connectivity index (χ4n) is 3.45. The SMILES string of the molecule is CC(C)CNC(=O)NC(=O)CN1CC2CNCC2C1(C)C. The average Bonchev–Trinajstić information content (AvgIpc) is 2.91. The molecule has 6 nitrogen and oxygen atoms in total. The molecule has 3 amide bonds. The molecule has 0 aromatic rings. The molecule has 2 atom stereocenters. The summed E-state index contributed by atoms with van der Waals surface area (Å²) in [6, 6.07) is -0.396. The van der Waals surface area contributed by atoms with Crippen LogP contribution in [0, 0.1) is 17.8 Å². The van der Waals surface area contributed by atoms with Gasteiger partial charge in [-0.05, 0) is 38.1 Å². The Labute approximate surface area is 127 Å². The third-order valence-electron chi connectivity index (χ3n) is 4.78. The van der Waals surface area contributed by atoms with Gasteiger partial charge in [0.15, 0.2) is 0 Å². The highest BCUT2D eigenvalue weighted by atomic mass is 16.2. The van der Waals surface area contributed by atoms with Crippen LogP contribution in [0.4, 0.5) is 4.79 Å². The Morgan fingerprint density at radius 2 is 2.05 bits per heavy atom. The van der Waals surface area contributed by atoms with Crippen molar-refractivity contribution in [1.82, 2.24) is 20.9 Å². The van der Waals surface area contributed by atoms with E-state index in [0.29, 0.717) is 24.3 Å². The Morgan fingerprint density at radius 3 is 2.67 bits per heavy atom. The number of imide groups is 1. The van der Waals surface area contributed by atoms with E-state index in [4.69, 9.17) is 0 Å². The number of nitrogens with one attached hydrogen (secondary N) is 3. The molecule has 0 aromatic heterocycles. The van der Waals surface area contributed by atoms with Crippen molar-refractivity contribution in [3.63, 3.8) is 0 Å². The number of carbonyl (C=O) groups is 2. The van der Waals surface area contributed by atoms with Crippen LogP contribution in [0.5, 0.6) is 0 Å². The average molecular weight is 296 g/mol. The molecule has 0 saturated carbocycles. The lowest BCUT2D eigenvalue weighted by Crippen LogP contribution is -2.50. The molecule has 0 aromatic carbocycles. The van der Waals surface area contributed by atoms with Crippen molar-refractivity contribution in [2.75, 3.05) is 32.7 Å². The van der Waals surface area contributed by atoms with Crippen LogP contribution >= 0.6 is 0 Å². The standard InChI is InChI=1S/C15H28N4O2/c1-10(2)5-17-14(21)18-13(20)9-19-8-11-6-16-7-12(11)15(19,3)4/h10-12,16H,5-9H2,1-4H3,(H2,17,18,20,21). The van der Waals surface area contributed by atoms with Gasteiger partial charge in [0.25, 0.3) is 0 Å². The van der Waals surface area contributed by atoms with E-state index in [1.165, 1.54) is 0 Å². The molecule has 2 unspecified atom stereocenters. The molecule has 2 saturated heterocycles. The molecule has 2 heterocycles. The van der Waals surface area contributed by atoms with E-state index < -0.39 is 6.03 Å². The first-order chi connectivity index (χ1) is 9.80. The number of carbonyl (C=O) groups excluding carboxylic acids is 2. The second kappa shape index (κ2) is 6.32. The topological polar surface area (TPSA) is 73.5 Å². The third kappa shape index (κ3) is 3.74. The maximum atomic E-state index is 12.0. The van der Waals surface area contributed by atoms with Crippen molar-refractivity contribution in [3.05, 3.63) is 0 Å². The van der Waals surface area contributed by atoms with Crippen LogP contribution in [-0.4, -0.2) is 55.1 Å². The van der Waals surface area contributed by atoms with Crippen LogP contribution in [0.15, 0.2) is 0 Å². The van der Waals surface area contributed by atoms with Gasteiger partial charge in [-0.15, -0.1) is 0 Å². The summed E-state index contributed by atoms with van der Waals surface area (Å²) in [6.45, 7) is 12.2. The minimum absolute atomic E-state index is 0.0000839. The molecule has 2 aliphatic heterocycles. The Morgan fingerprint density at radius 1 is 1.33 bits per heavy atom. The van der Waals surface area contributed by atoms with Gasteiger partial charge in [0.1, 0.15) is 0 Å². The maximum Gasteiger partial charge on any atom is 0.321 e. The van der Waals surface area contributed by atoms with Crippen LogP contribution < -0.4 is 16.0 Å². The first kappa shape index (κ1) is 16.2. The molecule has 0 radical (unpaired) electrons. The smallest absolute Gasteiger partial charge is 0.321 e. The lowest BCUT2D eigenvalue weighted by atomic mass is 9.85. The number of likely N-dealkylation sites (tertiary alicyclic amines) is 1. The highest BCUT2D eigenvalue weighted by Crippen LogP contribution is 2.40. The number of urea groups is 1. The van der Waals surface area contributed by atoms with Crippen LogP contribution in [0.1, 0.15) is 27.7 Å². The van der Waals surface area contributed by atoms with E-state index in [-0.39, 0.29) is 18.0 Å². The lowest BCUT2D eigenvalue weighted by Gasteiger charge is -2.35. The van der Waals surface area contributed by atoms with Gasteiger partial charge in [0, 0.05) is 25.2 Å². The van der Waals surface area contributed by atoms with Crippen molar-refractivity contribution >= 4 is 11.9 Å². The van der Waals surface area contributed by atoms with Gasteiger partial charge >= 0.3 is 6.03 Å². The Balaban J connectivity index is 1.82. The highest BCUT2D eigenvalue weighted by molar-refractivity contribution is 5.95. The number of hydrogen-bond acceptors (Lipinski definition) is 4. The molecule has 0 spiro atoms. The molecule has 6 heteroatoms. The zero-order valence-electron chi connectivity index (χ0n) is 13.5. The molecule has 2 rings (SSSR count). The fraction of sp³-hybridized carbons (Fsp3) is 0.867. The predicted molar refractivity (Wildman–Crippen MR) is 81.9 cm³/mol. The zero-order chi connectivity index (χ0) is 15.6. The minimum atomic E-state index is -0.396. The second-order valence-corrected chi connectivity index (χ2v) is 7.21. The van der Waals surface area contributed by atoms with Gasteiger partial charge in [-0.2, -0.15) is 0 Å². The van der Waals surface area contributed by atoms with Crippen LogP contribution in [0.2, 0.25) is 0 Å². The quantitative estimate of drug-likeness (QED) is 0.702. The summed E-state index contributed by atoms with van der Waals surface area (Å²) in [5.74, 6) is 1.34. The van der Waals surface area contributed by atoms with Crippen LogP contribution in [-0.2, 0) is 4.79 Å². The molecule has 2 fully saturated rings. The van der Waals surface area contributed by atoms with Gasteiger partial charge in [-0.3, -0.25) is 15.0 Å². The van der Waals surface area contributed by atoms with Gasteiger partial charge < -0.3 is 10.6 Å². The summed E-state index contributed by atoms with van der Waals surface area (Å²) in [5, 5.41) is 8.54. The second-order valence-electron chi connectivity index (χ2n) is 7.21. The molecule has 120 valence electrons. The molecule has 3 N–H and O–H groups in total. The molecule has 21 heavy (non-hydrogen) atoms. The minimum Gasteiger partial charge on any atom is -0.338 e. The summed E-state index contributed by atoms with van der Waals surface area (Å²) >= 11 is 0. The number of hydrogen-bond donors (Lipinski definition) is 3. The summed E-state index contributed by atoms with van der Waals surface area (Å²) in [7, 11) is 0. The summed E-state index contributed by atoms with van der Waals surface area (Å²) in [4.78, 5) is 25.9. The van der Waals surface area contributed by atoms with Gasteiger partial charge in [0.2, 0.25) is 5.91 Å². The monoisotopic (exact) mass is 296 g/mol. The number of rotatable bonds is 4. The summed E-state index contributed by atoms with van der Waals surface area (Å²) in [5.41, 5.74) is -0.0000839. The van der Waals surface area contributed by atoms with E-state index in [1.54, 1.807) is 0 Å². The third-order valence-corrected chi connectivity index (χ3v) is 4.78. The van der Waals surface area contributed by atoms with Gasteiger partial charge in [-0.1, -0.05) is 13.8 Å². The largest absolute Gasteiger partial charge is 0.338 e. The fourth-order valence-corrected chi connectivity index (χ4v) is 3.45. The Hall–Kier alpha value is -1.14. The summed E-state index contributed by atoms with van der Waals surface area (Å²) < 4.78 is 0. The van der Waals surface area contributed by atoms with E-state index in [0.717, 1.165) is 19.6 Å². The van der Waals surface area contributed by atoms with E-state index in [2.05, 4.69) is 34.7 Å². The normalized spacial score (nSPS) is 27.7. The van der Waals surface area contributed by atoms with Crippen molar-refractivity contribution < 1.29 is 9.59 Å². The lowest BCUT2D eigenvalue weighted by molar-refractivity contribution is -0.122. The van der Waals surface area contributed by atoms with Crippen molar-refractivity contribution in [2.45, 2.75) is 33.2 Å². The van der Waals surface area contributed by atoms with Crippen molar-refractivity contribution in [3.8, 4) is 0 Å². The first-order valence-corrected chi connectivity index (χ1v) is 7.84. The zero-order valence-corrected chi connectivity index (χ0v) is 13.5. The van der Waals surface area contributed by atoms with E-state index in [9.17, 15) is 9.59 Å². The summed E-state index contributed by atoms with van der Waals surface area (Å²) in [6.07, 6.45) is 0. The highest BCUT2D eigenvalue weighted by Gasteiger charge is 2.49. The first-order valence-electron chi connectivity index (χ1n) is 7.84. The van der Waals surface area contributed by atoms with Crippen molar-refractivity contribution in [1.29, 1.82) is 0 Å². The predicted octanol–water partition coefficient (Wildman–Crippen LogP) is 0.398. The molecular weight excluding hydrogens is 268 g/mol. The van der Waals surface area contributed by atoms with Gasteiger partial charge in [-0.25, -0.2) is 4.79 Å². The van der Waals surface area contributed by atoms with Gasteiger partial charge in [0.05, 0.1) is 6.54 Å².